The molecule has 1 fully saturated rings. The molecule has 0 bridgehead atoms. The van der Waals surface area contributed by atoms with Crippen LogP contribution in [0, 0.1) is 22.5 Å². The van der Waals surface area contributed by atoms with Gasteiger partial charge in [0, 0.05) is 11.2 Å². The molecule has 0 aromatic carbocycles. The first-order valence-electron chi connectivity index (χ1n) is 3.48. The van der Waals surface area contributed by atoms with Gasteiger partial charge in [-0.1, -0.05) is 24.6 Å². The molecule has 0 aromatic heterocycles. The molecule has 0 radical (unpaired) electrons. The van der Waals surface area contributed by atoms with Crippen LogP contribution in [0.1, 0.15) is 25.7 Å². The van der Waals surface area contributed by atoms with E-state index in [1.54, 1.807) is 11.8 Å². The topological polar surface area (TPSA) is 23.8 Å². The predicted octanol–water partition coefficient (Wildman–Crippen LogP) is 2.15. The minimum absolute atomic E-state index is 0.709. The molecule has 0 saturated heterocycles. The molecule has 2 heteroatoms. The first-order valence-corrected chi connectivity index (χ1v) is 4.36. The fourth-order valence-electron chi connectivity index (χ4n) is 1.14. The van der Waals surface area contributed by atoms with Crippen molar-refractivity contribution in [3.63, 3.8) is 0 Å². The van der Waals surface area contributed by atoms with Crippen LogP contribution in [0.2, 0.25) is 0 Å². The summed E-state index contributed by atoms with van der Waals surface area (Å²) in [5.74, 6) is 2.39. The molecule has 0 aromatic rings. The lowest BCUT2D eigenvalue weighted by Crippen LogP contribution is -1.89. The van der Waals surface area contributed by atoms with Gasteiger partial charge in [0.1, 0.15) is 0 Å². The van der Waals surface area contributed by atoms with Crippen LogP contribution >= 0.6 is 11.8 Å². The maximum absolute atomic E-state index is 8.10. The highest BCUT2D eigenvalue weighted by molar-refractivity contribution is 8.04. The number of hydrogen-bond acceptors (Lipinski definition) is 2. The Kier molecular flexibility index (Phi) is 3.19. The molecule has 0 spiro atoms. The summed E-state index contributed by atoms with van der Waals surface area (Å²) in [7, 11) is 0. The van der Waals surface area contributed by atoms with Gasteiger partial charge in [0.05, 0.1) is 0 Å². The van der Waals surface area contributed by atoms with Gasteiger partial charge in [-0.15, -0.1) is 0 Å². The minimum atomic E-state index is 0.709. The van der Waals surface area contributed by atoms with Crippen molar-refractivity contribution >= 4 is 11.8 Å². The fourth-order valence-corrected chi connectivity index (χ4v) is 1.98. The summed E-state index contributed by atoms with van der Waals surface area (Å²) in [6, 6.07) is 1.81. The Labute approximate surface area is 65.8 Å². The second-order valence-electron chi connectivity index (χ2n) is 2.36. The standard InChI is InChI=1S/C8H9NS/c9-6-3-7-10-8-4-1-2-5-8/h8H,1-2,4-5H2. The molecule has 0 heterocycles. The monoisotopic (exact) mass is 151 g/mol. The van der Waals surface area contributed by atoms with Crippen molar-refractivity contribution in [2.24, 2.45) is 0 Å². The van der Waals surface area contributed by atoms with Gasteiger partial charge in [-0.2, -0.15) is 5.26 Å². The summed E-state index contributed by atoms with van der Waals surface area (Å²) in [6.07, 6.45) is 5.24. The van der Waals surface area contributed by atoms with E-state index in [0.717, 1.165) is 0 Å². The molecule has 10 heavy (non-hydrogen) atoms. The molecule has 1 saturated carbocycles. The Bertz CT molecular complexity index is 188. The normalized spacial score (nSPS) is 17.5. The van der Waals surface area contributed by atoms with Gasteiger partial charge < -0.3 is 0 Å². The number of thioether (sulfide) groups is 1. The Morgan fingerprint density at radius 3 is 2.60 bits per heavy atom. The van der Waals surface area contributed by atoms with E-state index in [4.69, 9.17) is 5.26 Å². The number of hydrogen-bond donors (Lipinski definition) is 0. The van der Waals surface area contributed by atoms with Crippen LogP contribution in [0.4, 0.5) is 0 Å². The molecule has 0 unspecified atom stereocenters. The van der Waals surface area contributed by atoms with Crippen LogP contribution in [-0.4, -0.2) is 5.25 Å². The van der Waals surface area contributed by atoms with Gasteiger partial charge in [0.25, 0.3) is 0 Å². The molecule has 0 N–H and O–H groups in total. The van der Waals surface area contributed by atoms with E-state index < -0.39 is 0 Å². The average Bonchev–Trinajstić information content (AvgIpc) is 2.41. The Morgan fingerprint density at radius 1 is 1.30 bits per heavy atom. The van der Waals surface area contributed by atoms with E-state index in [-0.39, 0.29) is 0 Å². The molecule has 1 aliphatic rings. The molecule has 0 atom stereocenters. The van der Waals surface area contributed by atoms with Gasteiger partial charge >= 0.3 is 0 Å². The lowest BCUT2D eigenvalue weighted by Gasteiger charge is -1.98. The molecule has 0 aliphatic heterocycles. The molecule has 0 amide bonds. The highest BCUT2D eigenvalue weighted by Gasteiger charge is 2.13. The van der Waals surface area contributed by atoms with Crippen LogP contribution < -0.4 is 0 Å². The maximum Gasteiger partial charge on any atom is 0.153 e. The Morgan fingerprint density at radius 2 is 2.00 bits per heavy atom. The minimum Gasteiger partial charge on any atom is -0.183 e. The summed E-state index contributed by atoms with van der Waals surface area (Å²) in [5.41, 5.74) is 0. The predicted molar refractivity (Wildman–Crippen MR) is 43.2 cm³/mol. The van der Waals surface area contributed by atoms with E-state index in [0.29, 0.717) is 5.25 Å². The van der Waals surface area contributed by atoms with Crippen LogP contribution in [0.25, 0.3) is 0 Å². The summed E-state index contributed by atoms with van der Waals surface area (Å²) in [4.78, 5) is 0. The first-order chi connectivity index (χ1) is 4.93. The van der Waals surface area contributed by atoms with Crippen molar-refractivity contribution in [3.05, 3.63) is 0 Å². The lowest BCUT2D eigenvalue weighted by atomic mass is 10.4. The molecule has 52 valence electrons. The quantitative estimate of drug-likeness (QED) is 0.536. The van der Waals surface area contributed by atoms with E-state index in [1.807, 2.05) is 6.07 Å². The second-order valence-corrected chi connectivity index (χ2v) is 3.47. The van der Waals surface area contributed by atoms with Crippen molar-refractivity contribution in [2.45, 2.75) is 30.9 Å². The third-order valence-corrected chi connectivity index (χ3v) is 2.66. The van der Waals surface area contributed by atoms with Gasteiger partial charge in [-0.25, -0.2) is 0 Å². The van der Waals surface area contributed by atoms with Gasteiger partial charge in [0.15, 0.2) is 6.07 Å². The van der Waals surface area contributed by atoms with Gasteiger partial charge in [-0.3, -0.25) is 0 Å². The van der Waals surface area contributed by atoms with Crippen LogP contribution in [0.3, 0.4) is 0 Å². The highest BCUT2D eigenvalue weighted by atomic mass is 32.2. The number of rotatable bonds is 1. The van der Waals surface area contributed by atoms with E-state index in [2.05, 4.69) is 11.2 Å². The van der Waals surface area contributed by atoms with Crippen LogP contribution in [0.5, 0.6) is 0 Å². The lowest BCUT2D eigenvalue weighted by molar-refractivity contribution is 0.886. The average molecular weight is 151 g/mol. The van der Waals surface area contributed by atoms with Crippen LogP contribution in [0.15, 0.2) is 0 Å². The largest absolute Gasteiger partial charge is 0.183 e. The van der Waals surface area contributed by atoms with E-state index in [1.165, 1.54) is 25.7 Å². The maximum atomic E-state index is 8.10. The second kappa shape index (κ2) is 4.25. The summed E-state index contributed by atoms with van der Waals surface area (Å²) in [6.45, 7) is 0. The SMILES string of the molecule is N#CC#CSC1CCCC1. The molecule has 1 aliphatic carbocycles. The Hall–Kier alpha value is -0.600. The van der Waals surface area contributed by atoms with Gasteiger partial charge in [0.2, 0.25) is 0 Å². The summed E-state index contributed by atoms with van der Waals surface area (Å²) in [5, 5.41) is 11.6. The zero-order valence-electron chi connectivity index (χ0n) is 5.76. The van der Waals surface area contributed by atoms with Gasteiger partial charge in [-0.05, 0) is 18.1 Å². The third-order valence-electron chi connectivity index (χ3n) is 1.63. The summed E-state index contributed by atoms with van der Waals surface area (Å²) >= 11 is 1.62. The molecule has 1 nitrogen and oxygen atoms in total. The van der Waals surface area contributed by atoms with Crippen molar-refractivity contribution in [2.75, 3.05) is 0 Å². The third kappa shape index (κ3) is 2.33. The zero-order valence-corrected chi connectivity index (χ0v) is 6.58. The molecular weight excluding hydrogens is 142 g/mol. The van der Waals surface area contributed by atoms with E-state index in [9.17, 15) is 0 Å². The molecule has 1 rings (SSSR count). The van der Waals surface area contributed by atoms with Crippen molar-refractivity contribution in [1.29, 1.82) is 5.26 Å². The smallest absolute Gasteiger partial charge is 0.153 e. The zero-order chi connectivity index (χ0) is 7.23. The highest BCUT2D eigenvalue weighted by Crippen LogP contribution is 2.28. The first kappa shape index (κ1) is 7.51. The van der Waals surface area contributed by atoms with E-state index >= 15 is 0 Å². The van der Waals surface area contributed by atoms with Crippen molar-refractivity contribution in [3.8, 4) is 17.2 Å². The Balaban J connectivity index is 2.20. The number of nitriles is 1. The van der Waals surface area contributed by atoms with Crippen molar-refractivity contribution in [1.82, 2.24) is 0 Å². The molecular formula is C8H9NS. The summed E-state index contributed by atoms with van der Waals surface area (Å²) < 4.78 is 0. The number of nitrogens with zero attached hydrogens (tertiary/aromatic N) is 1. The fraction of sp³-hybridized carbons (Fsp3) is 0.625. The van der Waals surface area contributed by atoms with Crippen LogP contribution in [-0.2, 0) is 0 Å². The van der Waals surface area contributed by atoms with Crippen molar-refractivity contribution < 1.29 is 0 Å².